The minimum atomic E-state index is 0.0751. The topological polar surface area (TPSA) is 21.3 Å². The lowest BCUT2D eigenvalue weighted by atomic mass is 10.1. The van der Waals surface area contributed by atoms with Crippen LogP contribution in [0.25, 0.3) is 0 Å². The molecule has 0 saturated carbocycles. The molecule has 3 heteroatoms. The molecule has 0 spiro atoms. The fraction of sp³-hybridized carbons (Fsp3) is 0.667. The molecule has 1 heterocycles. The Balaban J connectivity index is 1.86. The van der Waals surface area contributed by atoms with Crippen molar-refractivity contribution in [2.24, 2.45) is 0 Å². The second-order valence-electron chi connectivity index (χ2n) is 6.60. The highest BCUT2D eigenvalue weighted by Crippen LogP contribution is 2.33. The number of ether oxygens (including phenoxy) is 1. The first kappa shape index (κ1) is 16.9. The van der Waals surface area contributed by atoms with Crippen molar-refractivity contribution in [3.63, 3.8) is 0 Å². The van der Waals surface area contributed by atoms with E-state index in [1.807, 2.05) is 11.8 Å². The highest BCUT2D eigenvalue weighted by atomic mass is 32.2. The summed E-state index contributed by atoms with van der Waals surface area (Å²) in [5.41, 5.74) is 1.45. The first-order chi connectivity index (χ1) is 10.00. The predicted molar refractivity (Wildman–Crippen MR) is 92.1 cm³/mol. The van der Waals surface area contributed by atoms with Crippen molar-refractivity contribution in [1.29, 1.82) is 0 Å². The molecule has 0 aliphatic carbocycles. The molecular formula is C18H29NOS. The summed E-state index contributed by atoms with van der Waals surface area (Å²) in [6.07, 6.45) is 3.95. The predicted octanol–water partition coefficient (Wildman–Crippen LogP) is 4.80. The first-order valence-corrected chi connectivity index (χ1v) is 9.13. The maximum atomic E-state index is 6.07. The van der Waals surface area contributed by atoms with Crippen molar-refractivity contribution in [1.82, 2.24) is 5.32 Å². The second kappa shape index (κ2) is 7.66. The number of benzene rings is 1. The first-order valence-electron chi connectivity index (χ1n) is 8.14. The largest absolute Gasteiger partial charge is 0.371 e. The number of hydrogen-bond acceptors (Lipinski definition) is 3. The molecule has 0 bridgehead atoms. The molecule has 0 amide bonds. The third-order valence-corrected chi connectivity index (χ3v) is 5.17. The van der Waals surface area contributed by atoms with Gasteiger partial charge in [-0.15, -0.1) is 11.8 Å². The molecule has 1 fully saturated rings. The Morgan fingerprint density at radius 1 is 1.43 bits per heavy atom. The van der Waals surface area contributed by atoms with E-state index in [4.69, 9.17) is 4.74 Å². The minimum Gasteiger partial charge on any atom is -0.371 e. The van der Waals surface area contributed by atoms with Crippen molar-refractivity contribution >= 4 is 11.8 Å². The third-order valence-electron chi connectivity index (χ3n) is 4.05. The summed E-state index contributed by atoms with van der Waals surface area (Å²) in [6.45, 7) is 9.90. The Morgan fingerprint density at radius 2 is 2.24 bits per heavy atom. The number of thioether (sulfide) groups is 1. The Morgan fingerprint density at radius 3 is 2.90 bits per heavy atom. The van der Waals surface area contributed by atoms with Crippen molar-refractivity contribution in [3.8, 4) is 0 Å². The van der Waals surface area contributed by atoms with E-state index >= 15 is 0 Å². The number of nitrogens with one attached hydrogen (secondary N) is 1. The van der Waals surface area contributed by atoms with Crippen LogP contribution in [-0.2, 0) is 4.74 Å². The normalized spacial score (nSPS) is 22.4. The average molecular weight is 308 g/mol. The molecule has 1 aromatic carbocycles. The van der Waals surface area contributed by atoms with Crippen LogP contribution in [0.15, 0.2) is 29.2 Å². The molecule has 1 saturated heterocycles. The maximum absolute atomic E-state index is 6.07. The number of rotatable bonds is 7. The van der Waals surface area contributed by atoms with E-state index in [1.165, 1.54) is 29.7 Å². The fourth-order valence-corrected chi connectivity index (χ4v) is 3.74. The standard InChI is InChI=1S/C18H29NOS/c1-5-11-19-14(2)15-7-6-8-17(12-15)21-13-16-9-10-18(3,4)20-16/h6-8,12,14,16,19H,5,9-11,13H2,1-4H3. The van der Waals surface area contributed by atoms with Crippen molar-refractivity contribution in [2.75, 3.05) is 12.3 Å². The quantitative estimate of drug-likeness (QED) is 0.731. The third kappa shape index (κ3) is 5.32. The van der Waals surface area contributed by atoms with Gasteiger partial charge in [0.05, 0.1) is 11.7 Å². The van der Waals surface area contributed by atoms with Gasteiger partial charge in [-0.05, 0) is 64.3 Å². The lowest BCUT2D eigenvalue weighted by Crippen LogP contribution is -2.21. The Labute approximate surface area is 134 Å². The zero-order valence-electron chi connectivity index (χ0n) is 13.8. The molecule has 0 aromatic heterocycles. The van der Waals surface area contributed by atoms with Gasteiger partial charge in [0, 0.05) is 16.7 Å². The van der Waals surface area contributed by atoms with E-state index in [0.717, 1.165) is 12.3 Å². The molecule has 118 valence electrons. The SMILES string of the molecule is CCCNC(C)c1cccc(SCC2CCC(C)(C)O2)c1. The van der Waals surface area contributed by atoms with Crippen LogP contribution in [0.5, 0.6) is 0 Å². The summed E-state index contributed by atoms with van der Waals surface area (Å²) in [7, 11) is 0. The second-order valence-corrected chi connectivity index (χ2v) is 7.69. The van der Waals surface area contributed by atoms with E-state index in [1.54, 1.807) is 0 Å². The molecule has 2 atom stereocenters. The molecule has 0 radical (unpaired) electrons. The van der Waals surface area contributed by atoms with E-state index in [-0.39, 0.29) is 5.60 Å². The van der Waals surface area contributed by atoms with Gasteiger partial charge in [0.2, 0.25) is 0 Å². The summed E-state index contributed by atoms with van der Waals surface area (Å²) in [5.74, 6) is 1.06. The van der Waals surface area contributed by atoms with Crippen LogP contribution in [0.1, 0.15) is 58.6 Å². The smallest absolute Gasteiger partial charge is 0.0677 e. The van der Waals surface area contributed by atoms with Gasteiger partial charge in [-0.3, -0.25) is 0 Å². The van der Waals surface area contributed by atoms with E-state index in [9.17, 15) is 0 Å². The van der Waals surface area contributed by atoms with Gasteiger partial charge in [-0.2, -0.15) is 0 Å². The van der Waals surface area contributed by atoms with Crippen LogP contribution in [0.4, 0.5) is 0 Å². The minimum absolute atomic E-state index is 0.0751. The molecule has 1 N–H and O–H groups in total. The van der Waals surface area contributed by atoms with Gasteiger partial charge in [0.25, 0.3) is 0 Å². The van der Waals surface area contributed by atoms with Crippen molar-refractivity contribution in [2.45, 2.75) is 69.6 Å². The Kier molecular flexibility index (Phi) is 6.15. The van der Waals surface area contributed by atoms with E-state index < -0.39 is 0 Å². The molecule has 1 aliphatic rings. The van der Waals surface area contributed by atoms with Crippen LogP contribution in [-0.4, -0.2) is 24.0 Å². The Hall–Kier alpha value is -0.510. The summed E-state index contributed by atoms with van der Waals surface area (Å²) in [4.78, 5) is 1.35. The van der Waals surface area contributed by atoms with Crippen LogP contribution < -0.4 is 5.32 Å². The highest BCUT2D eigenvalue weighted by Gasteiger charge is 2.31. The van der Waals surface area contributed by atoms with Crippen LogP contribution in [0, 0.1) is 0 Å². The van der Waals surface area contributed by atoms with Gasteiger partial charge in [0.15, 0.2) is 0 Å². The van der Waals surface area contributed by atoms with Gasteiger partial charge in [-0.25, -0.2) is 0 Å². The van der Waals surface area contributed by atoms with Gasteiger partial charge in [-0.1, -0.05) is 19.1 Å². The summed E-state index contributed by atoms with van der Waals surface area (Å²) in [6, 6.07) is 9.33. The molecule has 2 rings (SSSR count). The molecule has 21 heavy (non-hydrogen) atoms. The van der Waals surface area contributed by atoms with Crippen LogP contribution in [0.2, 0.25) is 0 Å². The zero-order chi connectivity index (χ0) is 15.3. The lowest BCUT2D eigenvalue weighted by Gasteiger charge is -2.19. The van der Waals surface area contributed by atoms with E-state index in [2.05, 4.69) is 57.3 Å². The molecule has 1 aliphatic heterocycles. The summed E-state index contributed by atoms with van der Waals surface area (Å²) >= 11 is 1.92. The highest BCUT2D eigenvalue weighted by molar-refractivity contribution is 7.99. The average Bonchev–Trinajstić information content (AvgIpc) is 2.82. The van der Waals surface area contributed by atoms with Crippen molar-refractivity contribution in [3.05, 3.63) is 29.8 Å². The Bertz CT molecular complexity index is 447. The van der Waals surface area contributed by atoms with Crippen LogP contribution in [0.3, 0.4) is 0 Å². The number of hydrogen-bond donors (Lipinski definition) is 1. The van der Waals surface area contributed by atoms with Crippen molar-refractivity contribution < 1.29 is 4.74 Å². The fourth-order valence-electron chi connectivity index (χ4n) is 2.74. The van der Waals surface area contributed by atoms with E-state index in [0.29, 0.717) is 12.1 Å². The van der Waals surface area contributed by atoms with Gasteiger partial charge < -0.3 is 10.1 Å². The molecule has 2 unspecified atom stereocenters. The van der Waals surface area contributed by atoms with Gasteiger partial charge in [0.1, 0.15) is 0 Å². The molecule has 1 aromatic rings. The van der Waals surface area contributed by atoms with Crippen LogP contribution >= 0.6 is 11.8 Å². The molecule has 2 nitrogen and oxygen atoms in total. The summed E-state index contributed by atoms with van der Waals surface area (Å²) in [5, 5.41) is 3.55. The summed E-state index contributed by atoms with van der Waals surface area (Å²) < 4.78 is 6.07. The maximum Gasteiger partial charge on any atom is 0.0677 e. The molecular weight excluding hydrogens is 278 g/mol. The van der Waals surface area contributed by atoms with Gasteiger partial charge >= 0.3 is 0 Å². The zero-order valence-corrected chi connectivity index (χ0v) is 14.6. The lowest BCUT2D eigenvalue weighted by molar-refractivity contribution is -0.00466. The monoisotopic (exact) mass is 307 g/mol.